The summed E-state index contributed by atoms with van der Waals surface area (Å²) in [6.07, 6.45) is 0. The first-order chi connectivity index (χ1) is 8.56. The van der Waals surface area contributed by atoms with Crippen LogP contribution < -0.4 is 5.73 Å². The van der Waals surface area contributed by atoms with E-state index < -0.39 is 10.8 Å². The van der Waals surface area contributed by atoms with E-state index in [1.165, 1.54) is 0 Å². The zero-order chi connectivity index (χ0) is 13.1. The van der Waals surface area contributed by atoms with Crippen molar-refractivity contribution in [1.29, 1.82) is 0 Å². The molecule has 0 saturated heterocycles. The van der Waals surface area contributed by atoms with E-state index in [1.54, 1.807) is 18.2 Å². The van der Waals surface area contributed by atoms with Crippen molar-refractivity contribution < 1.29 is 4.21 Å². The lowest BCUT2D eigenvalue weighted by molar-refractivity contribution is 0.683. The summed E-state index contributed by atoms with van der Waals surface area (Å²) in [5.41, 5.74) is 7.31. The number of hydrogen-bond acceptors (Lipinski definition) is 2. The normalized spacial score (nSPS) is 12.3. The van der Waals surface area contributed by atoms with E-state index >= 15 is 0 Å². The highest BCUT2D eigenvalue weighted by atomic mass is 79.9. The smallest absolute Gasteiger partial charge is 0.0635 e. The molecule has 1 unspecified atom stereocenters. The Morgan fingerprint density at radius 3 is 2.50 bits per heavy atom. The van der Waals surface area contributed by atoms with Gasteiger partial charge in [-0.3, -0.25) is 4.21 Å². The fourth-order valence-electron chi connectivity index (χ4n) is 1.52. The second-order valence-corrected chi connectivity index (χ2v) is 6.57. The van der Waals surface area contributed by atoms with Crippen LogP contribution in [-0.4, -0.2) is 4.21 Å². The fourth-order valence-corrected chi connectivity index (χ4v) is 3.26. The number of anilines is 1. The molecular formula is C13H11BrClNOS. The summed E-state index contributed by atoms with van der Waals surface area (Å²) < 4.78 is 13.2. The van der Waals surface area contributed by atoms with Crippen LogP contribution >= 0.6 is 27.5 Å². The van der Waals surface area contributed by atoms with Gasteiger partial charge < -0.3 is 5.73 Å². The molecule has 0 heterocycles. The van der Waals surface area contributed by atoms with Crippen LogP contribution in [0.4, 0.5) is 5.69 Å². The van der Waals surface area contributed by atoms with Gasteiger partial charge in [-0.25, -0.2) is 0 Å². The highest BCUT2D eigenvalue weighted by Crippen LogP contribution is 2.23. The topological polar surface area (TPSA) is 43.1 Å². The molecule has 1 atom stereocenters. The predicted molar refractivity (Wildman–Crippen MR) is 80.1 cm³/mol. The largest absolute Gasteiger partial charge is 0.398 e. The summed E-state index contributed by atoms with van der Waals surface area (Å²) in [7, 11) is -1.19. The first-order valence-electron chi connectivity index (χ1n) is 5.24. The van der Waals surface area contributed by atoms with Gasteiger partial charge in [0, 0.05) is 15.2 Å². The van der Waals surface area contributed by atoms with Gasteiger partial charge in [0.15, 0.2) is 0 Å². The molecule has 0 amide bonds. The molecule has 2 rings (SSSR count). The maximum atomic E-state index is 12.2. The van der Waals surface area contributed by atoms with Crippen LogP contribution in [0.1, 0.15) is 5.56 Å². The summed E-state index contributed by atoms with van der Waals surface area (Å²) in [6.45, 7) is 0. The van der Waals surface area contributed by atoms with Crippen molar-refractivity contribution in [3.8, 4) is 0 Å². The summed E-state index contributed by atoms with van der Waals surface area (Å²) >= 11 is 9.25. The first-order valence-corrected chi connectivity index (χ1v) is 7.73. The lowest BCUT2D eigenvalue weighted by atomic mass is 10.2. The highest BCUT2D eigenvalue weighted by Gasteiger charge is 2.09. The fraction of sp³-hybridized carbons (Fsp3) is 0.0769. The number of halogens is 2. The molecular weight excluding hydrogens is 334 g/mol. The number of hydrogen-bond donors (Lipinski definition) is 1. The molecule has 0 aliphatic carbocycles. The third-order valence-electron chi connectivity index (χ3n) is 2.43. The third kappa shape index (κ3) is 3.34. The molecule has 0 bridgehead atoms. The number of nitrogen functional groups attached to an aromatic ring is 1. The van der Waals surface area contributed by atoms with Crippen LogP contribution in [0.3, 0.4) is 0 Å². The lowest BCUT2D eigenvalue weighted by Crippen LogP contribution is -2.00. The molecule has 0 fully saturated rings. The van der Waals surface area contributed by atoms with Crippen LogP contribution in [0.15, 0.2) is 51.8 Å². The quantitative estimate of drug-likeness (QED) is 0.855. The Morgan fingerprint density at radius 2 is 1.83 bits per heavy atom. The van der Waals surface area contributed by atoms with Crippen molar-refractivity contribution in [2.24, 2.45) is 0 Å². The van der Waals surface area contributed by atoms with Gasteiger partial charge >= 0.3 is 0 Å². The number of benzene rings is 2. The van der Waals surface area contributed by atoms with E-state index in [4.69, 9.17) is 17.3 Å². The van der Waals surface area contributed by atoms with E-state index in [-0.39, 0.29) is 0 Å². The minimum atomic E-state index is -1.19. The highest BCUT2D eigenvalue weighted by molar-refractivity contribution is 9.10. The monoisotopic (exact) mass is 343 g/mol. The minimum absolute atomic E-state index is 0.428. The standard InChI is InChI=1S/C13H11BrClNOS/c14-10-3-1-9(2-4-10)8-18(17)13-7-11(15)5-6-12(13)16/h1-7H,8,16H2. The Morgan fingerprint density at radius 1 is 1.17 bits per heavy atom. The lowest BCUT2D eigenvalue weighted by Gasteiger charge is -2.06. The van der Waals surface area contributed by atoms with E-state index in [9.17, 15) is 4.21 Å². The molecule has 0 aliphatic heterocycles. The van der Waals surface area contributed by atoms with Crippen molar-refractivity contribution in [1.82, 2.24) is 0 Å². The second-order valence-electron chi connectivity index (χ2n) is 3.80. The van der Waals surface area contributed by atoms with E-state index in [2.05, 4.69) is 15.9 Å². The molecule has 18 heavy (non-hydrogen) atoms. The Kier molecular flexibility index (Phi) is 4.43. The average Bonchev–Trinajstić information content (AvgIpc) is 2.35. The Balaban J connectivity index is 2.21. The molecule has 2 aromatic rings. The maximum absolute atomic E-state index is 12.2. The number of nitrogens with two attached hydrogens (primary N) is 1. The van der Waals surface area contributed by atoms with Crippen LogP contribution in [0.25, 0.3) is 0 Å². The van der Waals surface area contributed by atoms with Crippen molar-refractivity contribution in [3.05, 3.63) is 57.5 Å². The molecule has 0 saturated carbocycles. The molecule has 2 N–H and O–H groups in total. The minimum Gasteiger partial charge on any atom is -0.398 e. The predicted octanol–water partition coefficient (Wildman–Crippen LogP) is 3.99. The van der Waals surface area contributed by atoms with Gasteiger partial charge in [-0.15, -0.1) is 0 Å². The molecule has 2 aromatic carbocycles. The van der Waals surface area contributed by atoms with Crippen LogP contribution in [0.5, 0.6) is 0 Å². The van der Waals surface area contributed by atoms with Gasteiger partial charge in [-0.05, 0) is 35.9 Å². The summed E-state index contributed by atoms with van der Waals surface area (Å²) in [5.74, 6) is 0.428. The Hall–Kier alpha value is -0.840. The average molecular weight is 345 g/mol. The summed E-state index contributed by atoms with van der Waals surface area (Å²) in [6, 6.07) is 12.7. The van der Waals surface area contributed by atoms with Crippen LogP contribution in [-0.2, 0) is 16.6 Å². The Bertz CT molecular complexity index is 586. The zero-order valence-corrected chi connectivity index (χ0v) is 12.6. The van der Waals surface area contributed by atoms with Crippen molar-refractivity contribution in [2.45, 2.75) is 10.6 Å². The van der Waals surface area contributed by atoms with Gasteiger partial charge in [0.25, 0.3) is 0 Å². The van der Waals surface area contributed by atoms with Crippen molar-refractivity contribution >= 4 is 44.0 Å². The summed E-state index contributed by atoms with van der Waals surface area (Å²) in [5, 5.41) is 0.545. The van der Waals surface area contributed by atoms with Gasteiger partial charge in [0.05, 0.1) is 21.4 Å². The second kappa shape index (κ2) is 5.87. The van der Waals surface area contributed by atoms with Gasteiger partial charge in [-0.1, -0.05) is 39.7 Å². The third-order valence-corrected chi connectivity index (χ3v) is 4.64. The summed E-state index contributed by atoms with van der Waals surface area (Å²) in [4.78, 5) is 0.588. The van der Waals surface area contributed by atoms with Gasteiger partial charge in [-0.2, -0.15) is 0 Å². The van der Waals surface area contributed by atoms with Crippen molar-refractivity contribution in [3.63, 3.8) is 0 Å². The molecule has 0 aromatic heterocycles. The van der Waals surface area contributed by atoms with Crippen molar-refractivity contribution in [2.75, 3.05) is 5.73 Å². The molecule has 0 radical (unpaired) electrons. The van der Waals surface area contributed by atoms with E-state index in [1.807, 2.05) is 24.3 Å². The molecule has 5 heteroatoms. The van der Waals surface area contributed by atoms with Crippen LogP contribution in [0, 0.1) is 0 Å². The first kappa shape index (κ1) is 13.6. The zero-order valence-electron chi connectivity index (χ0n) is 9.40. The molecule has 0 spiro atoms. The number of rotatable bonds is 3. The molecule has 94 valence electrons. The van der Waals surface area contributed by atoms with Crippen LogP contribution in [0.2, 0.25) is 5.02 Å². The van der Waals surface area contributed by atoms with E-state index in [0.29, 0.717) is 21.4 Å². The van der Waals surface area contributed by atoms with Gasteiger partial charge in [0.2, 0.25) is 0 Å². The molecule has 0 aliphatic rings. The van der Waals surface area contributed by atoms with E-state index in [0.717, 1.165) is 10.0 Å². The molecule has 2 nitrogen and oxygen atoms in total. The van der Waals surface area contributed by atoms with Gasteiger partial charge in [0.1, 0.15) is 0 Å². The SMILES string of the molecule is Nc1ccc(Cl)cc1S(=O)Cc1ccc(Br)cc1. The Labute approximate surface area is 122 Å². The maximum Gasteiger partial charge on any atom is 0.0635 e.